The van der Waals surface area contributed by atoms with Gasteiger partial charge in [-0.05, 0) is 51.1 Å². The number of carbonyl (C=O) groups is 1. The van der Waals surface area contributed by atoms with Gasteiger partial charge in [0.25, 0.3) is 0 Å². The minimum atomic E-state index is -0.336. The Morgan fingerprint density at radius 3 is 2.83 bits per heavy atom. The van der Waals surface area contributed by atoms with E-state index in [1.807, 2.05) is 48.9 Å². The Morgan fingerprint density at radius 2 is 2.09 bits per heavy atom. The monoisotopic (exact) mass is 318 g/mol. The molecule has 0 amide bonds. The lowest BCUT2D eigenvalue weighted by Gasteiger charge is -2.14. The van der Waals surface area contributed by atoms with Crippen LogP contribution in [-0.2, 0) is 9.53 Å². The summed E-state index contributed by atoms with van der Waals surface area (Å²) in [6, 6.07) is 7.59. The van der Waals surface area contributed by atoms with Crippen LogP contribution in [0.15, 0.2) is 30.5 Å². The average Bonchev–Trinajstić information content (AvgIpc) is 2.97. The molecule has 0 aliphatic carbocycles. The molecule has 1 heterocycles. The molecule has 5 nitrogen and oxygen atoms in total. The zero-order valence-electron chi connectivity index (χ0n) is 14.2. The van der Waals surface area contributed by atoms with Crippen LogP contribution in [0.2, 0.25) is 0 Å². The Bertz CT molecular complexity index is 636. The Balaban J connectivity index is 2.03. The summed E-state index contributed by atoms with van der Waals surface area (Å²) in [7, 11) is 0. The Labute approximate surface area is 137 Å². The zero-order valence-corrected chi connectivity index (χ0v) is 14.2. The van der Waals surface area contributed by atoms with Crippen molar-refractivity contribution < 1.29 is 14.3 Å². The van der Waals surface area contributed by atoms with Crippen LogP contribution >= 0.6 is 0 Å². The van der Waals surface area contributed by atoms with Gasteiger partial charge in [0.1, 0.15) is 18.4 Å². The van der Waals surface area contributed by atoms with Gasteiger partial charge in [0.2, 0.25) is 0 Å². The van der Waals surface area contributed by atoms with E-state index < -0.39 is 0 Å². The summed E-state index contributed by atoms with van der Waals surface area (Å²) in [5, 5.41) is 4.36. The fourth-order valence-electron chi connectivity index (χ4n) is 2.49. The molecular weight excluding hydrogens is 292 g/mol. The highest BCUT2D eigenvalue weighted by Gasteiger charge is 2.17. The summed E-state index contributed by atoms with van der Waals surface area (Å²) >= 11 is 0. The van der Waals surface area contributed by atoms with Crippen LogP contribution < -0.4 is 10.1 Å². The lowest BCUT2D eigenvalue weighted by molar-refractivity contribution is -0.146. The van der Waals surface area contributed by atoms with Gasteiger partial charge in [-0.25, -0.2) is 4.79 Å². The molecule has 1 unspecified atom stereocenters. The molecule has 126 valence electrons. The molecule has 5 heteroatoms. The van der Waals surface area contributed by atoms with Crippen molar-refractivity contribution in [1.82, 2.24) is 9.88 Å². The van der Waals surface area contributed by atoms with E-state index in [1.54, 1.807) is 0 Å². The SMILES string of the molecule is CCCNCCOc1ccc2c(ccn2C(C)C(=O)OCC)c1. The first kappa shape index (κ1) is 17.3. The second-order valence-corrected chi connectivity index (χ2v) is 5.47. The Kier molecular flexibility index (Phi) is 6.47. The number of fused-ring (bicyclic) bond motifs is 1. The molecule has 0 saturated heterocycles. The second kappa shape index (κ2) is 8.58. The fraction of sp³-hybridized carbons (Fsp3) is 0.500. The van der Waals surface area contributed by atoms with Crippen molar-refractivity contribution in [2.45, 2.75) is 33.2 Å². The summed E-state index contributed by atoms with van der Waals surface area (Å²) in [5.74, 6) is 0.629. The molecule has 1 aromatic heterocycles. The quantitative estimate of drug-likeness (QED) is 0.570. The van der Waals surface area contributed by atoms with E-state index in [-0.39, 0.29) is 12.0 Å². The van der Waals surface area contributed by atoms with Gasteiger partial charge in [-0.3, -0.25) is 0 Å². The number of ether oxygens (including phenoxy) is 2. The van der Waals surface area contributed by atoms with Gasteiger partial charge in [-0.15, -0.1) is 0 Å². The van der Waals surface area contributed by atoms with Crippen molar-refractivity contribution in [3.05, 3.63) is 30.5 Å². The van der Waals surface area contributed by atoms with E-state index in [0.29, 0.717) is 13.2 Å². The minimum absolute atomic E-state index is 0.215. The molecule has 2 rings (SSSR count). The number of benzene rings is 1. The van der Waals surface area contributed by atoms with Crippen molar-refractivity contribution in [2.24, 2.45) is 0 Å². The third-order valence-electron chi connectivity index (χ3n) is 3.71. The smallest absolute Gasteiger partial charge is 0.328 e. The average molecular weight is 318 g/mol. The van der Waals surface area contributed by atoms with Crippen LogP contribution in [0.25, 0.3) is 10.9 Å². The van der Waals surface area contributed by atoms with Crippen LogP contribution in [0.4, 0.5) is 0 Å². The van der Waals surface area contributed by atoms with Crippen molar-refractivity contribution in [3.63, 3.8) is 0 Å². The topological polar surface area (TPSA) is 52.5 Å². The normalized spacial score (nSPS) is 12.3. The summed E-state index contributed by atoms with van der Waals surface area (Å²) in [5.41, 5.74) is 1.00. The van der Waals surface area contributed by atoms with E-state index >= 15 is 0 Å². The number of nitrogens with one attached hydrogen (secondary N) is 1. The van der Waals surface area contributed by atoms with Crippen LogP contribution in [0.5, 0.6) is 5.75 Å². The summed E-state index contributed by atoms with van der Waals surface area (Å²) in [6.07, 6.45) is 3.04. The highest BCUT2D eigenvalue weighted by molar-refractivity contribution is 5.84. The summed E-state index contributed by atoms with van der Waals surface area (Å²) < 4.78 is 12.8. The van der Waals surface area contributed by atoms with Gasteiger partial charge in [0.05, 0.1) is 6.61 Å². The molecule has 0 spiro atoms. The summed E-state index contributed by atoms with van der Waals surface area (Å²) in [4.78, 5) is 11.9. The third-order valence-corrected chi connectivity index (χ3v) is 3.71. The molecule has 0 aliphatic rings. The number of hydrogen-bond donors (Lipinski definition) is 1. The molecule has 1 atom stereocenters. The molecule has 0 saturated carbocycles. The lowest BCUT2D eigenvalue weighted by atomic mass is 10.2. The number of hydrogen-bond acceptors (Lipinski definition) is 4. The standard InChI is InChI=1S/C18H26N2O3/c1-4-9-19-10-12-23-16-6-7-17-15(13-16)8-11-20(17)14(3)18(21)22-5-2/h6-8,11,13-14,19H,4-5,9-10,12H2,1-3H3. The van der Waals surface area contributed by atoms with E-state index in [9.17, 15) is 4.79 Å². The number of rotatable bonds is 9. The van der Waals surface area contributed by atoms with Crippen LogP contribution in [0.1, 0.15) is 33.2 Å². The van der Waals surface area contributed by atoms with Crippen molar-refractivity contribution in [3.8, 4) is 5.75 Å². The molecule has 1 aromatic carbocycles. The predicted octanol–water partition coefficient (Wildman–Crippen LogP) is 3.14. The maximum absolute atomic E-state index is 11.9. The highest BCUT2D eigenvalue weighted by Crippen LogP contribution is 2.25. The first-order chi connectivity index (χ1) is 11.2. The van der Waals surface area contributed by atoms with Gasteiger partial charge in [-0.2, -0.15) is 0 Å². The first-order valence-electron chi connectivity index (χ1n) is 8.28. The highest BCUT2D eigenvalue weighted by atomic mass is 16.5. The summed E-state index contributed by atoms with van der Waals surface area (Å²) in [6.45, 7) is 8.70. The van der Waals surface area contributed by atoms with Gasteiger partial charge in [-0.1, -0.05) is 6.92 Å². The Morgan fingerprint density at radius 1 is 1.26 bits per heavy atom. The molecule has 2 aromatic rings. The van der Waals surface area contributed by atoms with Crippen LogP contribution in [-0.4, -0.2) is 36.8 Å². The number of esters is 1. The maximum atomic E-state index is 11.9. The zero-order chi connectivity index (χ0) is 16.7. The molecule has 0 fully saturated rings. The molecular formula is C18H26N2O3. The van der Waals surface area contributed by atoms with E-state index in [1.165, 1.54) is 0 Å². The maximum Gasteiger partial charge on any atom is 0.328 e. The van der Waals surface area contributed by atoms with Gasteiger partial charge in [0, 0.05) is 23.6 Å². The van der Waals surface area contributed by atoms with Crippen LogP contribution in [0, 0.1) is 0 Å². The number of carbonyl (C=O) groups excluding carboxylic acids is 1. The number of nitrogens with zero attached hydrogens (tertiary/aromatic N) is 1. The van der Waals surface area contributed by atoms with Crippen molar-refractivity contribution in [2.75, 3.05) is 26.3 Å². The van der Waals surface area contributed by atoms with Gasteiger partial charge < -0.3 is 19.4 Å². The molecule has 23 heavy (non-hydrogen) atoms. The molecule has 0 bridgehead atoms. The fourth-order valence-corrected chi connectivity index (χ4v) is 2.49. The van der Waals surface area contributed by atoms with E-state index in [4.69, 9.17) is 9.47 Å². The first-order valence-corrected chi connectivity index (χ1v) is 8.28. The molecule has 1 N–H and O–H groups in total. The minimum Gasteiger partial charge on any atom is -0.492 e. The van der Waals surface area contributed by atoms with Gasteiger partial charge in [0.15, 0.2) is 0 Å². The second-order valence-electron chi connectivity index (χ2n) is 5.47. The molecule has 0 radical (unpaired) electrons. The largest absolute Gasteiger partial charge is 0.492 e. The Hall–Kier alpha value is -2.01. The lowest BCUT2D eigenvalue weighted by Crippen LogP contribution is -2.21. The van der Waals surface area contributed by atoms with Crippen molar-refractivity contribution >= 4 is 16.9 Å². The van der Waals surface area contributed by atoms with E-state index in [2.05, 4.69) is 12.2 Å². The third kappa shape index (κ3) is 4.48. The predicted molar refractivity (Wildman–Crippen MR) is 91.9 cm³/mol. The molecule has 0 aliphatic heterocycles. The van der Waals surface area contributed by atoms with Gasteiger partial charge >= 0.3 is 5.97 Å². The van der Waals surface area contributed by atoms with Crippen LogP contribution in [0.3, 0.4) is 0 Å². The number of aromatic nitrogens is 1. The van der Waals surface area contributed by atoms with E-state index in [0.717, 1.165) is 36.2 Å². The van der Waals surface area contributed by atoms with Crippen molar-refractivity contribution in [1.29, 1.82) is 0 Å².